The third-order valence-corrected chi connectivity index (χ3v) is 4.99. The molecule has 4 rings (SSSR count). The fourth-order valence-electron chi connectivity index (χ4n) is 3.51. The Labute approximate surface area is 174 Å². The number of H-pyrrole nitrogens is 1. The molecule has 1 aliphatic heterocycles. The second-order valence-electron chi connectivity index (χ2n) is 7.20. The molecular weight excluding hydrogens is 382 g/mol. The zero-order chi connectivity index (χ0) is 21.1. The van der Waals surface area contributed by atoms with Gasteiger partial charge in [-0.1, -0.05) is 24.3 Å². The van der Waals surface area contributed by atoms with E-state index in [9.17, 15) is 9.59 Å². The zero-order valence-electron chi connectivity index (χ0n) is 16.9. The molecular formula is C24H23NO5. The van der Waals surface area contributed by atoms with Gasteiger partial charge in [0, 0.05) is 34.7 Å². The summed E-state index contributed by atoms with van der Waals surface area (Å²) in [4.78, 5) is 28.4. The molecule has 0 spiro atoms. The summed E-state index contributed by atoms with van der Waals surface area (Å²) >= 11 is 0. The Morgan fingerprint density at radius 3 is 2.70 bits per heavy atom. The van der Waals surface area contributed by atoms with E-state index in [2.05, 4.69) is 4.98 Å². The van der Waals surface area contributed by atoms with Crippen molar-refractivity contribution in [3.05, 3.63) is 65.4 Å². The van der Waals surface area contributed by atoms with Crippen molar-refractivity contribution >= 4 is 28.7 Å². The Kier molecular flexibility index (Phi) is 5.57. The fourth-order valence-corrected chi connectivity index (χ4v) is 3.51. The third-order valence-electron chi connectivity index (χ3n) is 4.99. The van der Waals surface area contributed by atoms with Crippen molar-refractivity contribution in [3.63, 3.8) is 0 Å². The Morgan fingerprint density at radius 2 is 1.87 bits per heavy atom. The highest BCUT2D eigenvalue weighted by Crippen LogP contribution is 2.30. The number of ether oxygens (including phenoxy) is 3. The molecule has 6 heteroatoms. The number of fused-ring (bicyclic) bond motifs is 2. The van der Waals surface area contributed by atoms with Gasteiger partial charge in [-0.2, -0.15) is 0 Å². The van der Waals surface area contributed by atoms with Crippen molar-refractivity contribution < 1.29 is 23.8 Å². The summed E-state index contributed by atoms with van der Waals surface area (Å²) in [6, 6.07) is 13.0. The van der Waals surface area contributed by atoms with Gasteiger partial charge < -0.3 is 19.2 Å². The Morgan fingerprint density at radius 1 is 1.10 bits per heavy atom. The maximum atomic E-state index is 12.9. The number of ketones is 1. The molecule has 1 atom stereocenters. The van der Waals surface area contributed by atoms with Gasteiger partial charge in [-0.3, -0.25) is 4.79 Å². The van der Waals surface area contributed by atoms with Crippen LogP contribution in [0.4, 0.5) is 0 Å². The van der Waals surface area contributed by atoms with Crippen LogP contribution in [-0.4, -0.2) is 36.1 Å². The molecule has 0 bridgehead atoms. The van der Waals surface area contributed by atoms with E-state index in [-0.39, 0.29) is 5.78 Å². The maximum absolute atomic E-state index is 12.9. The molecule has 3 aromatic rings. The molecule has 0 saturated heterocycles. The van der Waals surface area contributed by atoms with Crippen molar-refractivity contribution in [2.24, 2.45) is 0 Å². The number of hydrogen-bond acceptors (Lipinski definition) is 5. The third kappa shape index (κ3) is 4.08. The summed E-state index contributed by atoms with van der Waals surface area (Å²) in [5, 5.41) is 0.825. The molecule has 1 aliphatic rings. The number of esters is 1. The van der Waals surface area contributed by atoms with E-state index in [0.29, 0.717) is 30.3 Å². The molecule has 1 N–H and O–H groups in total. The summed E-state index contributed by atoms with van der Waals surface area (Å²) in [6.07, 6.45) is 2.87. The van der Waals surface area contributed by atoms with Crippen LogP contribution in [0.15, 0.2) is 48.5 Å². The van der Waals surface area contributed by atoms with Crippen molar-refractivity contribution in [3.8, 4) is 11.5 Å². The lowest BCUT2D eigenvalue weighted by atomic mass is 10.0. The van der Waals surface area contributed by atoms with E-state index in [0.717, 1.165) is 28.6 Å². The lowest BCUT2D eigenvalue weighted by Gasteiger charge is -2.11. The van der Waals surface area contributed by atoms with Crippen LogP contribution >= 0.6 is 0 Å². The van der Waals surface area contributed by atoms with Crippen LogP contribution in [0, 0.1) is 6.92 Å². The predicted octanol–water partition coefficient (Wildman–Crippen LogP) is 4.47. The summed E-state index contributed by atoms with van der Waals surface area (Å²) in [5.41, 5.74) is 2.97. The normalized spacial score (nSPS) is 14.5. The first kappa shape index (κ1) is 19.8. The molecule has 6 nitrogen and oxygen atoms in total. The molecule has 1 aromatic heterocycles. The van der Waals surface area contributed by atoms with Crippen LogP contribution < -0.4 is 9.47 Å². The fraction of sp³-hybridized carbons (Fsp3) is 0.250. The number of carbonyl (C=O) groups is 2. The lowest BCUT2D eigenvalue weighted by molar-refractivity contribution is -0.140. The molecule has 0 fully saturated rings. The number of carbonyl (C=O) groups excluding carboxylic acids is 2. The second kappa shape index (κ2) is 8.45. The molecule has 0 aliphatic carbocycles. The zero-order valence-corrected chi connectivity index (χ0v) is 16.9. The van der Waals surface area contributed by atoms with E-state index >= 15 is 0 Å². The standard InChI is InChI=1S/C24H23NO5/c1-15-23(18-6-3-4-7-19(18)25-15)24(27)16(2)30-22(26)11-9-17-8-10-20-21(14-17)29-13-5-12-28-20/h3-4,6-11,14,16,25H,5,12-13H2,1-2H3/b11-9+/t16-/m0/s1. The van der Waals surface area contributed by atoms with Gasteiger partial charge in [-0.25, -0.2) is 4.79 Å². The Balaban J connectivity index is 1.44. The highest BCUT2D eigenvalue weighted by molar-refractivity contribution is 6.11. The number of benzene rings is 2. The number of para-hydroxylation sites is 1. The highest BCUT2D eigenvalue weighted by atomic mass is 16.5. The van der Waals surface area contributed by atoms with Gasteiger partial charge in [-0.05, 0) is 43.7 Å². The minimum atomic E-state index is -0.899. The van der Waals surface area contributed by atoms with Gasteiger partial charge in [-0.15, -0.1) is 0 Å². The monoisotopic (exact) mass is 405 g/mol. The van der Waals surface area contributed by atoms with Crippen molar-refractivity contribution in [2.45, 2.75) is 26.4 Å². The topological polar surface area (TPSA) is 77.6 Å². The van der Waals surface area contributed by atoms with E-state index in [1.807, 2.05) is 49.4 Å². The van der Waals surface area contributed by atoms with E-state index in [1.165, 1.54) is 6.08 Å². The van der Waals surface area contributed by atoms with Gasteiger partial charge >= 0.3 is 5.97 Å². The van der Waals surface area contributed by atoms with Crippen LogP contribution in [-0.2, 0) is 9.53 Å². The Bertz CT molecular complexity index is 1130. The molecule has 0 amide bonds. The molecule has 0 saturated carbocycles. The van der Waals surface area contributed by atoms with E-state index in [1.54, 1.807) is 13.0 Å². The second-order valence-corrected chi connectivity index (χ2v) is 7.20. The minimum absolute atomic E-state index is 0.234. The predicted molar refractivity (Wildman–Crippen MR) is 114 cm³/mol. The summed E-state index contributed by atoms with van der Waals surface area (Å²) < 4.78 is 16.6. The van der Waals surface area contributed by atoms with Crippen LogP contribution in [0.25, 0.3) is 17.0 Å². The smallest absolute Gasteiger partial charge is 0.331 e. The number of hydrogen-bond donors (Lipinski definition) is 1. The largest absolute Gasteiger partial charge is 0.490 e. The minimum Gasteiger partial charge on any atom is -0.490 e. The number of Topliss-reactive ketones (excluding diaryl/α,β-unsaturated/α-hetero) is 1. The quantitative estimate of drug-likeness (QED) is 0.385. The first-order chi connectivity index (χ1) is 14.5. The van der Waals surface area contributed by atoms with Crippen molar-refractivity contribution in [1.82, 2.24) is 4.98 Å². The first-order valence-corrected chi connectivity index (χ1v) is 9.93. The number of aryl methyl sites for hydroxylation is 1. The molecule has 30 heavy (non-hydrogen) atoms. The van der Waals surface area contributed by atoms with Crippen LogP contribution in [0.1, 0.15) is 35.0 Å². The lowest BCUT2D eigenvalue weighted by Crippen LogP contribution is -2.24. The molecule has 2 heterocycles. The van der Waals surface area contributed by atoms with Crippen LogP contribution in [0.5, 0.6) is 11.5 Å². The Hall–Kier alpha value is -3.54. The summed E-state index contributed by atoms with van der Waals surface area (Å²) in [5.74, 6) is 0.532. The van der Waals surface area contributed by atoms with Gasteiger partial charge in [0.1, 0.15) is 0 Å². The van der Waals surface area contributed by atoms with Crippen molar-refractivity contribution in [1.29, 1.82) is 0 Å². The maximum Gasteiger partial charge on any atom is 0.331 e. The van der Waals surface area contributed by atoms with Gasteiger partial charge in [0.15, 0.2) is 17.6 Å². The molecule has 2 aromatic carbocycles. The summed E-state index contributed by atoms with van der Waals surface area (Å²) in [7, 11) is 0. The first-order valence-electron chi connectivity index (χ1n) is 9.93. The van der Waals surface area contributed by atoms with Crippen molar-refractivity contribution in [2.75, 3.05) is 13.2 Å². The number of aromatic nitrogens is 1. The van der Waals surface area contributed by atoms with E-state index in [4.69, 9.17) is 14.2 Å². The SMILES string of the molecule is Cc1[nH]c2ccccc2c1C(=O)[C@H](C)OC(=O)/C=C/c1ccc2c(c1)OCCCO2. The van der Waals surface area contributed by atoms with Gasteiger partial charge in [0.05, 0.1) is 13.2 Å². The van der Waals surface area contributed by atoms with Crippen LogP contribution in [0.3, 0.4) is 0 Å². The highest BCUT2D eigenvalue weighted by Gasteiger charge is 2.23. The van der Waals surface area contributed by atoms with Gasteiger partial charge in [0.25, 0.3) is 0 Å². The van der Waals surface area contributed by atoms with Crippen LogP contribution in [0.2, 0.25) is 0 Å². The van der Waals surface area contributed by atoms with E-state index < -0.39 is 12.1 Å². The average molecular weight is 405 g/mol. The number of nitrogens with one attached hydrogen (secondary N) is 1. The average Bonchev–Trinajstić information content (AvgIpc) is 2.91. The molecule has 0 radical (unpaired) electrons. The number of rotatable bonds is 5. The number of aromatic amines is 1. The summed E-state index contributed by atoms with van der Waals surface area (Å²) in [6.45, 7) is 4.64. The molecule has 154 valence electrons. The van der Waals surface area contributed by atoms with Gasteiger partial charge in [0.2, 0.25) is 5.78 Å². The molecule has 0 unspecified atom stereocenters.